The molecular weight excluding hydrogens is 344 g/mol. The van der Waals surface area contributed by atoms with Gasteiger partial charge in [0.15, 0.2) is 5.96 Å². The fourth-order valence-corrected chi connectivity index (χ4v) is 3.12. The number of rotatable bonds is 8. The predicted molar refractivity (Wildman–Crippen MR) is 110 cm³/mol. The minimum Gasteiger partial charge on any atom is -0.444 e. The molecule has 0 atom stereocenters. The molecule has 1 saturated heterocycles. The summed E-state index contributed by atoms with van der Waals surface area (Å²) in [6, 6.07) is 0. The van der Waals surface area contributed by atoms with E-state index in [9.17, 15) is 4.79 Å². The second-order valence-corrected chi connectivity index (χ2v) is 8.03. The van der Waals surface area contributed by atoms with Gasteiger partial charge in [0.1, 0.15) is 5.60 Å². The summed E-state index contributed by atoms with van der Waals surface area (Å²) in [5.74, 6) is 1.50. The zero-order valence-corrected chi connectivity index (χ0v) is 18.2. The standard InChI is InChI=1S/C20H40N4O3/c1-7-21-18(22-12-9-15-26-6)24-13-10-17(11-14-24)16-23(8-2)19(25)27-20(3,4)5/h17H,7-16H2,1-6H3,(H,21,22). The summed E-state index contributed by atoms with van der Waals surface area (Å²) in [6.07, 6.45) is 2.84. The van der Waals surface area contributed by atoms with Gasteiger partial charge < -0.3 is 24.6 Å². The van der Waals surface area contributed by atoms with E-state index in [0.29, 0.717) is 12.5 Å². The summed E-state index contributed by atoms with van der Waals surface area (Å²) in [4.78, 5) is 21.2. The highest BCUT2D eigenvalue weighted by molar-refractivity contribution is 5.80. The molecule has 0 saturated carbocycles. The predicted octanol–water partition coefficient (Wildman–Crippen LogP) is 2.96. The van der Waals surface area contributed by atoms with Crippen molar-refractivity contribution in [2.75, 3.05) is 53.0 Å². The Labute approximate surface area is 165 Å². The first kappa shape index (κ1) is 23.5. The van der Waals surface area contributed by atoms with Crippen LogP contribution < -0.4 is 5.32 Å². The highest BCUT2D eigenvalue weighted by Gasteiger charge is 2.27. The number of ether oxygens (including phenoxy) is 2. The molecule has 1 rings (SSSR count). The molecule has 1 aliphatic rings. The number of piperidine rings is 1. The van der Waals surface area contributed by atoms with E-state index in [2.05, 4.69) is 17.1 Å². The van der Waals surface area contributed by atoms with Crippen LogP contribution >= 0.6 is 0 Å². The van der Waals surface area contributed by atoms with Crippen molar-refractivity contribution in [2.24, 2.45) is 10.9 Å². The van der Waals surface area contributed by atoms with E-state index >= 15 is 0 Å². The Hall–Kier alpha value is -1.50. The van der Waals surface area contributed by atoms with Crippen LogP contribution in [0.25, 0.3) is 0 Å². The van der Waals surface area contributed by atoms with Crippen LogP contribution in [-0.4, -0.2) is 80.4 Å². The zero-order valence-electron chi connectivity index (χ0n) is 18.2. The molecule has 0 radical (unpaired) electrons. The second kappa shape index (κ2) is 12.1. The molecule has 1 N–H and O–H groups in total. The molecule has 27 heavy (non-hydrogen) atoms. The Kier molecular flexibility index (Phi) is 10.5. The van der Waals surface area contributed by atoms with Gasteiger partial charge >= 0.3 is 6.09 Å². The van der Waals surface area contributed by atoms with Crippen LogP contribution in [0.1, 0.15) is 53.9 Å². The van der Waals surface area contributed by atoms with Crippen molar-refractivity contribution in [3.05, 3.63) is 0 Å². The summed E-state index contributed by atoms with van der Waals surface area (Å²) >= 11 is 0. The number of nitrogens with zero attached hydrogens (tertiary/aromatic N) is 3. The third-order valence-corrected chi connectivity index (χ3v) is 4.53. The molecule has 7 heteroatoms. The number of carbonyl (C=O) groups excluding carboxylic acids is 1. The van der Waals surface area contributed by atoms with Crippen LogP contribution in [0, 0.1) is 5.92 Å². The summed E-state index contributed by atoms with van der Waals surface area (Å²) in [5, 5.41) is 3.39. The Morgan fingerprint density at radius 1 is 1.26 bits per heavy atom. The smallest absolute Gasteiger partial charge is 0.410 e. The van der Waals surface area contributed by atoms with Gasteiger partial charge in [-0.25, -0.2) is 4.79 Å². The summed E-state index contributed by atoms with van der Waals surface area (Å²) in [5.41, 5.74) is -0.451. The van der Waals surface area contributed by atoms with Crippen LogP contribution in [0.5, 0.6) is 0 Å². The lowest BCUT2D eigenvalue weighted by molar-refractivity contribution is 0.0214. The van der Waals surface area contributed by atoms with Gasteiger partial charge in [-0.3, -0.25) is 4.99 Å². The van der Waals surface area contributed by atoms with Gasteiger partial charge in [-0.15, -0.1) is 0 Å². The summed E-state index contributed by atoms with van der Waals surface area (Å²) in [6.45, 7) is 15.6. The van der Waals surface area contributed by atoms with Crippen LogP contribution in [0.4, 0.5) is 4.79 Å². The second-order valence-electron chi connectivity index (χ2n) is 8.03. The fourth-order valence-electron chi connectivity index (χ4n) is 3.12. The van der Waals surface area contributed by atoms with E-state index in [-0.39, 0.29) is 6.09 Å². The molecule has 0 aromatic heterocycles. The molecule has 1 amide bonds. The van der Waals surface area contributed by atoms with Gasteiger partial charge in [-0.1, -0.05) is 0 Å². The number of amides is 1. The SMILES string of the molecule is CCNC(=NCCCOC)N1CCC(CN(CC)C(=O)OC(C)(C)C)CC1. The van der Waals surface area contributed by atoms with Gasteiger partial charge in [0.25, 0.3) is 0 Å². The van der Waals surface area contributed by atoms with E-state index in [0.717, 1.165) is 64.6 Å². The monoisotopic (exact) mass is 384 g/mol. The number of methoxy groups -OCH3 is 1. The largest absolute Gasteiger partial charge is 0.444 e. The fraction of sp³-hybridized carbons (Fsp3) is 0.900. The van der Waals surface area contributed by atoms with Gasteiger partial charge in [0, 0.05) is 53.0 Å². The van der Waals surface area contributed by atoms with Crippen molar-refractivity contribution < 1.29 is 14.3 Å². The van der Waals surface area contributed by atoms with E-state index < -0.39 is 5.60 Å². The first-order valence-electron chi connectivity index (χ1n) is 10.3. The first-order chi connectivity index (χ1) is 12.8. The minimum atomic E-state index is -0.451. The van der Waals surface area contributed by atoms with Crippen molar-refractivity contribution in [1.82, 2.24) is 15.1 Å². The first-order valence-corrected chi connectivity index (χ1v) is 10.3. The van der Waals surface area contributed by atoms with Crippen LogP contribution in [0.2, 0.25) is 0 Å². The number of carbonyl (C=O) groups is 1. The van der Waals surface area contributed by atoms with E-state index in [4.69, 9.17) is 14.5 Å². The highest BCUT2D eigenvalue weighted by atomic mass is 16.6. The lowest BCUT2D eigenvalue weighted by Crippen LogP contribution is -2.48. The van der Waals surface area contributed by atoms with Crippen molar-refractivity contribution in [3.8, 4) is 0 Å². The molecule has 0 aliphatic carbocycles. The topological polar surface area (TPSA) is 66.4 Å². The molecule has 0 aromatic carbocycles. The number of likely N-dealkylation sites (tertiary alicyclic amines) is 1. The van der Waals surface area contributed by atoms with E-state index in [1.165, 1.54) is 0 Å². The van der Waals surface area contributed by atoms with Crippen LogP contribution in [-0.2, 0) is 9.47 Å². The molecule has 1 aliphatic heterocycles. The Morgan fingerprint density at radius 3 is 2.44 bits per heavy atom. The molecular formula is C20H40N4O3. The Morgan fingerprint density at radius 2 is 1.93 bits per heavy atom. The average Bonchev–Trinajstić information content (AvgIpc) is 2.61. The maximum Gasteiger partial charge on any atom is 0.410 e. The average molecular weight is 385 g/mol. The molecule has 0 aromatic rings. The van der Waals surface area contributed by atoms with Crippen LogP contribution in [0.15, 0.2) is 4.99 Å². The number of hydrogen-bond donors (Lipinski definition) is 1. The van der Waals surface area contributed by atoms with Crippen molar-refractivity contribution in [3.63, 3.8) is 0 Å². The molecule has 1 heterocycles. The van der Waals surface area contributed by atoms with Gasteiger partial charge in [-0.2, -0.15) is 0 Å². The number of hydrogen-bond acceptors (Lipinski definition) is 4. The summed E-state index contributed by atoms with van der Waals surface area (Å²) in [7, 11) is 1.72. The quantitative estimate of drug-likeness (QED) is 0.396. The van der Waals surface area contributed by atoms with Crippen LogP contribution in [0.3, 0.4) is 0 Å². The van der Waals surface area contributed by atoms with Crippen molar-refractivity contribution >= 4 is 12.1 Å². The molecule has 0 unspecified atom stereocenters. The molecule has 1 fully saturated rings. The lowest BCUT2D eigenvalue weighted by Gasteiger charge is -2.36. The zero-order chi connectivity index (χ0) is 20.3. The Bertz CT molecular complexity index is 455. The van der Waals surface area contributed by atoms with E-state index in [1.54, 1.807) is 7.11 Å². The molecule has 158 valence electrons. The minimum absolute atomic E-state index is 0.208. The highest BCUT2D eigenvalue weighted by Crippen LogP contribution is 2.20. The number of guanidine groups is 1. The molecule has 7 nitrogen and oxygen atoms in total. The number of aliphatic imine (C=N–C) groups is 1. The molecule has 0 bridgehead atoms. The summed E-state index contributed by atoms with van der Waals surface area (Å²) < 4.78 is 10.6. The Balaban J connectivity index is 2.52. The maximum atomic E-state index is 12.3. The van der Waals surface area contributed by atoms with Gasteiger partial charge in [-0.05, 0) is 59.8 Å². The van der Waals surface area contributed by atoms with Gasteiger partial charge in [0.05, 0.1) is 0 Å². The third kappa shape index (κ3) is 9.31. The third-order valence-electron chi connectivity index (χ3n) is 4.53. The van der Waals surface area contributed by atoms with Gasteiger partial charge in [0.2, 0.25) is 0 Å². The number of nitrogens with one attached hydrogen (secondary N) is 1. The normalized spacial score (nSPS) is 16.4. The van der Waals surface area contributed by atoms with Crippen molar-refractivity contribution in [1.29, 1.82) is 0 Å². The van der Waals surface area contributed by atoms with E-state index in [1.807, 2.05) is 32.6 Å². The van der Waals surface area contributed by atoms with Crippen molar-refractivity contribution in [2.45, 2.75) is 59.5 Å². The maximum absolute atomic E-state index is 12.3. The lowest BCUT2D eigenvalue weighted by atomic mass is 9.96. The molecule has 0 spiro atoms.